The first kappa shape index (κ1) is 10.7. The molecule has 0 spiro atoms. The molecule has 1 aliphatic rings. The number of pyridine rings is 1. The van der Waals surface area contributed by atoms with Gasteiger partial charge in [-0.15, -0.1) is 0 Å². The summed E-state index contributed by atoms with van der Waals surface area (Å²) >= 11 is 0. The fourth-order valence-corrected chi connectivity index (χ4v) is 2.47. The second kappa shape index (κ2) is 3.82. The minimum Gasteiger partial charge on any atom is -0.389 e. The van der Waals surface area contributed by atoms with Crippen molar-refractivity contribution in [1.29, 1.82) is 0 Å². The van der Waals surface area contributed by atoms with Crippen LogP contribution in [0.5, 0.6) is 0 Å². The first-order valence-electron chi connectivity index (χ1n) is 6.00. The van der Waals surface area contributed by atoms with E-state index in [9.17, 15) is 5.11 Å². The van der Waals surface area contributed by atoms with Gasteiger partial charge in [-0.05, 0) is 25.5 Å². The van der Waals surface area contributed by atoms with Crippen molar-refractivity contribution in [3.05, 3.63) is 36.3 Å². The van der Waals surface area contributed by atoms with Crippen LogP contribution in [-0.2, 0) is 6.54 Å². The molecule has 0 amide bonds. The van der Waals surface area contributed by atoms with Gasteiger partial charge in [0.25, 0.3) is 0 Å². The number of aliphatic hydroxyl groups is 1. The minimum atomic E-state index is -0.529. The van der Waals surface area contributed by atoms with E-state index in [-0.39, 0.29) is 0 Å². The highest BCUT2D eigenvalue weighted by Gasteiger charge is 2.31. The third kappa shape index (κ3) is 2.18. The van der Waals surface area contributed by atoms with E-state index in [2.05, 4.69) is 16.1 Å². The number of likely N-dealkylation sites (tertiary alicyclic amines) is 1. The molecule has 90 valence electrons. The summed E-state index contributed by atoms with van der Waals surface area (Å²) in [6, 6.07) is 6.00. The van der Waals surface area contributed by atoms with E-state index in [1.54, 1.807) is 0 Å². The normalized spacial score (nSPS) is 25.8. The molecule has 1 aliphatic heterocycles. The van der Waals surface area contributed by atoms with Gasteiger partial charge in [-0.2, -0.15) is 0 Å². The van der Waals surface area contributed by atoms with Gasteiger partial charge in [0.05, 0.1) is 11.3 Å². The predicted octanol–water partition coefficient (Wildman–Crippen LogP) is 1.29. The summed E-state index contributed by atoms with van der Waals surface area (Å²) in [5.74, 6) is 0. The number of rotatable bonds is 2. The van der Waals surface area contributed by atoms with E-state index >= 15 is 0 Å². The van der Waals surface area contributed by atoms with Crippen molar-refractivity contribution in [1.82, 2.24) is 14.3 Å². The molecule has 1 unspecified atom stereocenters. The zero-order valence-electron chi connectivity index (χ0n) is 10.0. The smallest absolute Gasteiger partial charge is 0.137 e. The minimum absolute atomic E-state index is 0.529. The van der Waals surface area contributed by atoms with Gasteiger partial charge in [0, 0.05) is 32.0 Å². The average Bonchev–Trinajstić information content (AvgIpc) is 2.81. The number of hydrogen-bond acceptors (Lipinski definition) is 3. The molecule has 0 saturated carbocycles. The molecule has 17 heavy (non-hydrogen) atoms. The van der Waals surface area contributed by atoms with Crippen LogP contribution in [0, 0.1) is 0 Å². The van der Waals surface area contributed by atoms with Gasteiger partial charge in [-0.1, -0.05) is 6.07 Å². The molecule has 1 saturated heterocycles. The Kier molecular flexibility index (Phi) is 2.42. The van der Waals surface area contributed by atoms with E-state index in [4.69, 9.17) is 0 Å². The Balaban J connectivity index is 1.77. The van der Waals surface area contributed by atoms with Gasteiger partial charge in [0.2, 0.25) is 0 Å². The van der Waals surface area contributed by atoms with Crippen molar-refractivity contribution in [2.75, 3.05) is 13.1 Å². The van der Waals surface area contributed by atoms with Crippen molar-refractivity contribution in [2.45, 2.75) is 25.5 Å². The van der Waals surface area contributed by atoms with Gasteiger partial charge in [-0.25, -0.2) is 4.98 Å². The summed E-state index contributed by atoms with van der Waals surface area (Å²) in [5, 5.41) is 9.92. The quantitative estimate of drug-likeness (QED) is 0.846. The third-order valence-corrected chi connectivity index (χ3v) is 3.33. The van der Waals surface area contributed by atoms with Crippen LogP contribution < -0.4 is 0 Å². The van der Waals surface area contributed by atoms with Crippen molar-refractivity contribution in [3.8, 4) is 0 Å². The van der Waals surface area contributed by atoms with Crippen LogP contribution in [0.25, 0.3) is 5.65 Å². The molecular weight excluding hydrogens is 214 g/mol. The number of nitrogens with zero attached hydrogens (tertiary/aromatic N) is 3. The predicted molar refractivity (Wildman–Crippen MR) is 65.7 cm³/mol. The summed E-state index contributed by atoms with van der Waals surface area (Å²) in [6.07, 6.45) is 4.91. The Hall–Kier alpha value is -1.39. The molecule has 0 radical (unpaired) electrons. The van der Waals surface area contributed by atoms with Gasteiger partial charge in [0.1, 0.15) is 5.65 Å². The van der Waals surface area contributed by atoms with Gasteiger partial charge < -0.3 is 9.51 Å². The maximum atomic E-state index is 9.92. The van der Waals surface area contributed by atoms with Gasteiger partial charge in [-0.3, -0.25) is 4.90 Å². The van der Waals surface area contributed by atoms with Crippen molar-refractivity contribution >= 4 is 5.65 Å². The zero-order valence-corrected chi connectivity index (χ0v) is 10.0. The Morgan fingerprint density at radius 3 is 3.06 bits per heavy atom. The number of imidazole rings is 1. The lowest BCUT2D eigenvalue weighted by Gasteiger charge is -2.17. The molecular formula is C13H17N3O. The molecule has 3 heterocycles. The molecule has 1 fully saturated rings. The van der Waals surface area contributed by atoms with Gasteiger partial charge >= 0.3 is 0 Å². The second-order valence-corrected chi connectivity index (χ2v) is 5.16. The molecule has 0 bridgehead atoms. The van der Waals surface area contributed by atoms with Crippen molar-refractivity contribution in [3.63, 3.8) is 0 Å². The van der Waals surface area contributed by atoms with E-state index in [1.807, 2.05) is 35.7 Å². The van der Waals surface area contributed by atoms with E-state index in [0.29, 0.717) is 0 Å². The zero-order chi connectivity index (χ0) is 11.9. The highest BCUT2D eigenvalue weighted by atomic mass is 16.3. The first-order valence-corrected chi connectivity index (χ1v) is 6.00. The van der Waals surface area contributed by atoms with Crippen LogP contribution in [0.2, 0.25) is 0 Å². The fraction of sp³-hybridized carbons (Fsp3) is 0.462. The third-order valence-electron chi connectivity index (χ3n) is 3.33. The highest BCUT2D eigenvalue weighted by molar-refractivity contribution is 5.39. The molecule has 3 rings (SSSR count). The van der Waals surface area contributed by atoms with Crippen LogP contribution in [0.3, 0.4) is 0 Å². The van der Waals surface area contributed by atoms with E-state index in [0.717, 1.165) is 37.4 Å². The molecule has 1 atom stereocenters. The fourth-order valence-electron chi connectivity index (χ4n) is 2.47. The average molecular weight is 231 g/mol. The maximum absolute atomic E-state index is 9.92. The Morgan fingerprint density at radius 1 is 1.47 bits per heavy atom. The largest absolute Gasteiger partial charge is 0.389 e. The lowest BCUT2D eigenvalue weighted by molar-refractivity contribution is 0.0678. The van der Waals surface area contributed by atoms with Gasteiger partial charge in [0.15, 0.2) is 0 Å². The standard InChI is InChI=1S/C13H17N3O/c1-13(17)5-7-15(10-13)8-11-9-16-6-3-2-4-12(16)14-11/h2-4,6,9,17H,5,7-8,10H2,1H3. The molecule has 0 aliphatic carbocycles. The van der Waals surface area contributed by atoms with Crippen LogP contribution >= 0.6 is 0 Å². The summed E-state index contributed by atoms with van der Waals surface area (Å²) < 4.78 is 2.03. The molecule has 1 N–H and O–H groups in total. The molecule has 4 nitrogen and oxygen atoms in total. The number of β-amino-alcohol motifs (C(OH)–C–C–N with tert-alkyl or cyclic N) is 1. The van der Waals surface area contributed by atoms with Crippen LogP contribution in [0.1, 0.15) is 19.0 Å². The Morgan fingerprint density at radius 2 is 2.35 bits per heavy atom. The Labute approximate surface area is 101 Å². The number of aromatic nitrogens is 2. The molecule has 2 aromatic rings. The lowest BCUT2D eigenvalue weighted by Crippen LogP contribution is -2.29. The lowest BCUT2D eigenvalue weighted by atomic mass is 10.1. The van der Waals surface area contributed by atoms with Crippen molar-refractivity contribution in [2.24, 2.45) is 0 Å². The second-order valence-electron chi connectivity index (χ2n) is 5.16. The van der Waals surface area contributed by atoms with E-state index in [1.165, 1.54) is 0 Å². The maximum Gasteiger partial charge on any atom is 0.137 e. The first-order chi connectivity index (χ1) is 8.12. The van der Waals surface area contributed by atoms with Crippen LogP contribution in [0.15, 0.2) is 30.6 Å². The topological polar surface area (TPSA) is 40.8 Å². The molecule has 0 aromatic carbocycles. The summed E-state index contributed by atoms with van der Waals surface area (Å²) in [4.78, 5) is 6.82. The Bertz CT molecular complexity index is 499. The summed E-state index contributed by atoms with van der Waals surface area (Å²) in [5.41, 5.74) is 1.52. The van der Waals surface area contributed by atoms with Crippen LogP contribution in [-0.4, -0.2) is 38.1 Å². The molecule has 2 aromatic heterocycles. The molecule has 4 heteroatoms. The monoisotopic (exact) mass is 231 g/mol. The highest BCUT2D eigenvalue weighted by Crippen LogP contribution is 2.21. The number of hydrogen-bond donors (Lipinski definition) is 1. The van der Waals surface area contributed by atoms with E-state index < -0.39 is 5.60 Å². The SMILES string of the molecule is CC1(O)CCN(Cc2cn3ccccc3n2)C1. The summed E-state index contributed by atoms with van der Waals surface area (Å²) in [6.45, 7) is 4.40. The summed E-state index contributed by atoms with van der Waals surface area (Å²) in [7, 11) is 0. The van der Waals surface area contributed by atoms with Crippen molar-refractivity contribution < 1.29 is 5.11 Å². The van der Waals surface area contributed by atoms with Crippen LogP contribution in [0.4, 0.5) is 0 Å². The number of fused-ring (bicyclic) bond motifs is 1.